The van der Waals surface area contributed by atoms with E-state index in [4.69, 9.17) is 5.11 Å². The van der Waals surface area contributed by atoms with E-state index in [9.17, 15) is 4.79 Å². The van der Waals surface area contributed by atoms with Crippen molar-refractivity contribution in [3.63, 3.8) is 0 Å². The summed E-state index contributed by atoms with van der Waals surface area (Å²) in [6, 6.07) is 8.29. The third-order valence-electron chi connectivity index (χ3n) is 2.63. The first-order chi connectivity index (χ1) is 9.69. The van der Waals surface area contributed by atoms with E-state index in [1.54, 1.807) is 30.3 Å². The molecule has 0 bridgehead atoms. The lowest BCUT2D eigenvalue weighted by atomic mass is 10.2. The van der Waals surface area contributed by atoms with Crippen LogP contribution in [0.5, 0.6) is 0 Å². The van der Waals surface area contributed by atoms with Gasteiger partial charge in [-0.2, -0.15) is 0 Å². The molecule has 3 N–H and O–H groups in total. The molecule has 1 aromatic heterocycles. The second-order valence-electron chi connectivity index (χ2n) is 4.22. The summed E-state index contributed by atoms with van der Waals surface area (Å²) in [6.07, 6.45) is 2.50. The number of hydrogen-bond acceptors (Lipinski definition) is 5. The number of benzene rings is 1. The number of hydrogen-bond donors (Lipinski definition) is 3. The maximum atomic E-state index is 10.8. The summed E-state index contributed by atoms with van der Waals surface area (Å²) in [5, 5.41) is 15.1. The van der Waals surface area contributed by atoms with Crippen LogP contribution in [-0.4, -0.2) is 27.6 Å². The smallest absolute Gasteiger partial charge is 0.335 e. The average Bonchev–Trinajstić information content (AvgIpc) is 2.46. The number of aromatic carboxylic acids is 1. The molecule has 2 aromatic rings. The molecule has 0 aliphatic carbocycles. The van der Waals surface area contributed by atoms with Gasteiger partial charge in [0, 0.05) is 18.3 Å². The van der Waals surface area contributed by atoms with Crippen LogP contribution < -0.4 is 10.6 Å². The number of anilines is 3. The number of nitrogens with one attached hydrogen (secondary N) is 2. The molecule has 20 heavy (non-hydrogen) atoms. The van der Waals surface area contributed by atoms with Crippen LogP contribution in [-0.2, 0) is 0 Å². The SMILES string of the molecule is CCCNc1cc(Nc2ccc(C(=O)O)cc2)ncn1. The van der Waals surface area contributed by atoms with Gasteiger partial charge in [0.2, 0.25) is 0 Å². The topological polar surface area (TPSA) is 87.1 Å². The van der Waals surface area contributed by atoms with Gasteiger partial charge in [-0.05, 0) is 30.7 Å². The van der Waals surface area contributed by atoms with Crippen LogP contribution in [0.15, 0.2) is 36.7 Å². The van der Waals surface area contributed by atoms with Gasteiger partial charge in [0.05, 0.1) is 5.56 Å². The molecule has 0 amide bonds. The van der Waals surface area contributed by atoms with Crippen molar-refractivity contribution in [3.05, 3.63) is 42.2 Å². The molecular weight excluding hydrogens is 256 g/mol. The van der Waals surface area contributed by atoms with Crippen LogP contribution in [0.25, 0.3) is 0 Å². The first kappa shape index (κ1) is 13.8. The largest absolute Gasteiger partial charge is 0.478 e. The highest BCUT2D eigenvalue weighted by atomic mass is 16.4. The zero-order valence-electron chi connectivity index (χ0n) is 11.1. The highest BCUT2D eigenvalue weighted by Crippen LogP contribution is 2.16. The summed E-state index contributed by atoms with van der Waals surface area (Å²) in [5.41, 5.74) is 1.03. The number of carboxylic acids is 1. The molecule has 0 saturated carbocycles. The van der Waals surface area contributed by atoms with E-state index in [-0.39, 0.29) is 5.56 Å². The van der Waals surface area contributed by atoms with E-state index in [1.807, 2.05) is 0 Å². The maximum Gasteiger partial charge on any atom is 0.335 e. The monoisotopic (exact) mass is 272 g/mol. The van der Waals surface area contributed by atoms with E-state index in [0.29, 0.717) is 5.82 Å². The minimum Gasteiger partial charge on any atom is -0.478 e. The highest BCUT2D eigenvalue weighted by molar-refractivity contribution is 5.88. The minimum absolute atomic E-state index is 0.253. The van der Waals surface area contributed by atoms with Crippen LogP contribution in [0.3, 0.4) is 0 Å². The van der Waals surface area contributed by atoms with Gasteiger partial charge in [-0.15, -0.1) is 0 Å². The van der Waals surface area contributed by atoms with Gasteiger partial charge in [-0.25, -0.2) is 14.8 Å². The van der Waals surface area contributed by atoms with Crippen molar-refractivity contribution in [2.24, 2.45) is 0 Å². The molecule has 1 heterocycles. The number of carboxylic acid groups (broad SMARTS) is 1. The Morgan fingerprint density at radius 2 is 1.90 bits per heavy atom. The van der Waals surface area contributed by atoms with Gasteiger partial charge >= 0.3 is 5.97 Å². The summed E-state index contributed by atoms with van der Waals surface area (Å²) in [4.78, 5) is 19.0. The summed E-state index contributed by atoms with van der Waals surface area (Å²) >= 11 is 0. The lowest BCUT2D eigenvalue weighted by Crippen LogP contribution is -2.03. The Bertz CT molecular complexity index is 584. The molecule has 104 valence electrons. The van der Waals surface area contributed by atoms with Crippen LogP contribution in [0, 0.1) is 0 Å². The number of nitrogens with zero attached hydrogens (tertiary/aromatic N) is 2. The Kier molecular flexibility index (Phi) is 4.49. The van der Waals surface area contributed by atoms with Crippen LogP contribution in [0.1, 0.15) is 23.7 Å². The van der Waals surface area contributed by atoms with Gasteiger partial charge in [0.1, 0.15) is 18.0 Å². The van der Waals surface area contributed by atoms with Crippen molar-refractivity contribution in [2.75, 3.05) is 17.2 Å². The summed E-state index contributed by atoms with van der Waals surface area (Å²) in [6.45, 7) is 2.93. The van der Waals surface area contributed by atoms with E-state index in [0.717, 1.165) is 24.5 Å². The Hall–Kier alpha value is -2.63. The molecule has 6 nitrogen and oxygen atoms in total. The zero-order chi connectivity index (χ0) is 14.4. The molecule has 0 fully saturated rings. The molecular formula is C14H16N4O2. The predicted octanol–water partition coefficient (Wildman–Crippen LogP) is 2.74. The number of carbonyl (C=O) groups is 1. The molecule has 0 aliphatic heterocycles. The summed E-state index contributed by atoms with van der Waals surface area (Å²) < 4.78 is 0. The molecule has 0 unspecified atom stereocenters. The molecule has 1 aromatic carbocycles. The van der Waals surface area contributed by atoms with Crippen molar-refractivity contribution in [1.82, 2.24) is 9.97 Å². The molecule has 0 saturated heterocycles. The van der Waals surface area contributed by atoms with E-state index in [2.05, 4.69) is 27.5 Å². The fourth-order valence-electron chi connectivity index (χ4n) is 1.62. The summed E-state index contributed by atoms with van der Waals surface area (Å²) in [5.74, 6) is 0.470. The van der Waals surface area contributed by atoms with Crippen molar-refractivity contribution in [2.45, 2.75) is 13.3 Å². The minimum atomic E-state index is -0.940. The third kappa shape index (κ3) is 3.68. The van der Waals surface area contributed by atoms with Crippen molar-refractivity contribution in [3.8, 4) is 0 Å². The second-order valence-corrected chi connectivity index (χ2v) is 4.22. The lowest BCUT2D eigenvalue weighted by molar-refractivity contribution is 0.0697. The molecule has 0 radical (unpaired) electrons. The predicted molar refractivity (Wildman–Crippen MR) is 77.5 cm³/mol. The Morgan fingerprint density at radius 3 is 2.55 bits per heavy atom. The first-order valence-electron chi connectivity index (χ1n) is 6.35. The van der Waals surface area contributed by atoms with Gasteiger partial charge in [0.15, 0.2) is 0 Å². The van der Waals surface area contributed by atoms with Gasteiger partial charge in [-0.3, -0.25) is 0 Å². The van der Waals surface area contributed by atoms with E-state index < -0.39 is 5.97 Å². The normalized spacial score (nSPS) is 10.1. The first-order valence-corrected chi connectivity index (χ1v) is 6.35. The van der Waals surface area contributed by atoms with Crippen molar-refractivity contribution < 1.29 is 9.90 Å². The molecule has 0 aliphatic rings. The van der Waals surface area contributed by atoms with Crippen LogP contribution >= 0.6 is 0 Å². The van der Waals surface area contributed by atoms with Crippen LogP contribution in [0.4, 0.5) is 17.3 Å². The molecule has 2 rings (SSSR count). The Balaban J connectivity index is 2.07. The molecule has 0 spiro atoms. The summed E-state index contributed by atoms with van der Waals surface area (Å²) in [7, 11) is 0. The molecule has 0 atom stereocenters. The van der Waals surface area contributed by atoms with Gasteiger partial charge < -0.3 is 15.7 Å². The highest BCUT2D eigenvalue weighted by Gasteiger charge is 2.03. The van der Waals surface area contributed by atoms with Crippen molar-refractivity contribution >= 4 is 23.3 Å². The fourth-order valence-corrected chi connectivity index (χ4v) is 1.62. The fraction of sp³-hybridized carbons (Fsp3) is 0.214. The van der Waals surface area contributed by atoms with Gasteiger partial charge in [0.25, 0.3) is 0 Å². The Morgan fingerprint density at radius 1 is 1.20 bits per heavy atom. The second kappa shape index (κ2) is 6.51. The van der Waals surface area contributed by atoms with Crippen LogP contribution in [0.2, 0.25) is 0 Å². The van der Waals surface area contributed by atoms with Gasteiger partial charge in [-0.1, -0.05) is 6.92 Å². The number of aromatic nitrogens is 2. The van der Waals surface area contributed by atoms with E-state index in [1.165, 1.54) is 6.33 Å². The Labute approximate surface area is 116 Å². The number of rotatable bonds is 6. The zero-order valence-corrected chi connectivity index (χ0v) is 11.1. The molecule has 6 heteroatoms. The average molecular weight is 272 g/mol. The maximum absolute atomic E-state index is 10.8. The van der Waals surface area contributed by atoms with Crippen molar-refractivity contribution in [1.29, 1.82) is 0 Å². The third-order valence-corrected chi connectivity index (χ3v) is 2.63. The lowest BCUT2D eigenvalue weighted by Gasteiger charge is -2.08. The standard InChI is InChI=1S/C14H16N4O2/c1-2-7-15-12-8-13(17-9-16-12)18-11-5-3-10(4-6-11)14(19)20/h3-6,8-9H,2,7H2,1H3,(H,19,20)(H2,15,16,17,18). The quantitative estimate of drug-likeness (QED) is 0.749. The van der Waals surface area contributed by atoms with E-state index >= 15 is 0 Å².